The highest BCUT2D eigenvalue weighted by Crippen LogP contribution is 2.40. The van der Waals surface area contributed by atoms with Crippen molar-refractivity contribution in [2.75, 3.05) is 13.2 Å². The maximum Gasteiger partial charge on any atom is 0.254 e. The zero-order valence-corrected chi connectivity index (χ0v) is 17.3. The number of carbonyl (C=O) groups excluding carboxylic acids is 1. The van der Waals surface area contributed by atoms with Crippen LogP contribution in [0.15, 0.2) is 54.7 Å². The first kappa shape index (κ1) is 18.1. The van der Waals surface area contributed by atoms with E-state index in [1.807, 2.05) is 47.0 Å². The minimum atomic E-state index is 0.0348. The van der Waals surface area contributed by atoms with Crippen LogP contribution in [0.5, 0.6) is 5.75 Å². The molecule has 6 heteroatoms. The topological polar surface area (TPSA) is 60.2 Å². The molecule has 0 bridgehead atoms. The van der Waals surface area contributed by atoms with Gasteiger partial charge in [-0.05, 0) is 42.3 Å². The molecule has 0 aliphatic carbocycles. The highest BCUT2D eigenvalue weighted by atomic mass is 16.5. The molecule has 4 heterocycles. The largest absolute Gasteiger partial charge is 0.492 e. The standard InChI is InChI=1S/C25H22N4O2/c1-28-23(20-6-2-4-16-10-13-31-24(16)20)19-9-12-29(15-22(19)27-28)25(30)18-7-8-21-17(14-18)5-3-11-26-21/h2-8,11,14H,9-10,12-13,15H2,1H3. The molecule has 0 saturated heterocycles. The molecule has 2 aromatic carbocycles. The molecule has 6 rings (SSSR count). The Bertz CT molecular complexity index is 1340. The van der Waals surface area contributed by atoms with Crippen LogP contribution in [0.25, 0.3) is 22.2 Å². The Morgan fingerprint density at radius 2 is 2.03 bits per heavy atom. The number of carbonyl (C=O) groups is 1. The number of aryl methyl sites for hydroxylation is 1. The molecule has 0 N–H and O–H groups in total. The third kappa shape index (κ3) is 2.90. The summed E-state index contributed by atoms with van der Waals surface area (Å²) in [5, 5.41) is 5.76. The molecule has 1 amide bonds. The van der Waals surface area contributed by atoms with Gasteiger partial charge in [-0.2, -0.15) is 5.10 Å². The molecule has 0 radical (unpaired) electrons. The average molecular weight is 410 g/mol. The van der Waals surface area contributed by atoms with Crippen LogP contribution in [0.3, 0.4) is 0 Å². The maximum atomic E-state index is 13.2. The van der Waals surface area contributed by atoms with Gasteiger partial charge in [0.05, 0.1) is 30.1 Å². The SMILES string of the molecule is Cn1nc2c(c1-c1cccc3c1OCC3)CCN(C(=O)c1ccc3ncccc3c1)C2. The van der Waals surface area contributed by atoms with E-state index in [-0.39, 0.29) is 5.91 Å². The summed E-state index contributed by atoms with van der Waals surface area (Å²) in [6.45, 7) is 1.92. The number of nitrogens with zero attached hydrogens (tertiary/aromatic N) is 4. The van der Waals surface area contributed by atoms with Crippen molar-refractivity contribution in [1.29, 1.82) is 0 Å². The Morgan fingerprint density at radius 3 is 2.97 bits per heavy atom. The molecule has 0 atom stereocenters. The van der Waals surface area contributed by atoms with Crippen molar-refractivity contribution in [3.05, 3.63) is 77.1 Å². The smallest absolute Gasteiger partial charge is 0.254 e. The number of rotatable bonds is 2. The monoisotopic (exact) mass is 410 g/mol. The number of ether oxygens (including phenoxy) is 1. The molecule has 2 aromatic heterocycles. The Hall–Kier alpha value is -3.67. The van der Waals surface area contributed by atoms with Crippen LogP contribution in [0.1, 0.15) is 27.2 Å². The fourth-order valence-electron chi connectivity index (χ4n) is 4.82. The predicted octanol–water partition coefficient (Wildman–Crippen LogP) is 3.77. The molecule has 0 unspecified atom stereocenters. The fraction of sp³-hybridized carbons (Fsp3) is 0.240. The third-order valence-electron chi connectivity index (χ3n) is 6.31. The van der Waals surface area contributed by atoms with E-state index in [0.717, 1.165) is 53.1 Å². The number of hydrogen-bond acceptors (Lipinski definition) is 4. The van der Waals surface area contributed by atoms with Gasteiger partial charge in [0, 0.05) is 48.3 Å². The average Bonchev–Trinajstić information content (AvgIpc) is 3.41. The van der Waals surface area contributed by atoms with Gasteiger partial charge in [0.2, 0.25) is 0 Å². The molecule has 154 valence electrons. The van der Waals surface area contributed by atoms with Crippen LogP contribution in [0.4, 0.5) is 0 Å². The minimum absolute atomic E-state index is 0.0348. The van der Waals surface area contributed by atoms with Crippen molar-refractivity contribution in [3.8, 4) is 17.0 Å². The number of benzene rings is 2. The fourth-order valence-corrected chi connectivity index (χ4v) is 4.82. The molecule has 2 aliphatic rings. The van der Waals surface area contributed by atoms with E-state index >= 15 is 0 Å². The van der Waals surface area contributed by atoms with Gasteiger partial charge in [-0.3, -0.25) is 14.5 Å². The van der Waals surface area contributed by atoms with Crippen molar-refractivity contribution in [3.63, 3.8) is 0 Å². The van der Waals surface area contributed by atoms with E-state index in [0.29, 0.717) is 18.7 Å². The predicted molar refractivity (Wildman–Crippen MR) is 118 cm³/mol. The highest BCUT2D eigenvalue weighted by Gasteiger charge is 2.29. The normalized spacial score (nSPS) is 14.9. The van der Waals surface area contributed by atoms with E-state index in [4.69, 9.17) is 9.84 Å². The lowest BCUT2D eigenvalue weighted by Crippen LogP contribution is -2.36. The zero-order chi connectivity index (χ0) is 20.9. The van der Waals surface area contributed by atoms with Gasteiger partial charge >= 0.3 is 0 Å². The van der Waals surface area contributed by atoms with Crippen molar-refractivity contribution < 1.29 is 9.53 Å². The van der Waals surface area contributed by atoms with Gasteiger partial charge in [-0.25, -0.2) is 0 Å². The summed E-state index contributed by atoms with van der Waals surface area (Å²) in [7, 11) is 1.98. The molecular weight excluding hydrogens is 388 g/mol. The molecular formula is C25H22N4O2. The molecule has 0 fully saturated rings. The lowest BCUT2D eigenvalue weighted by atomic mass is 9.97. The van der Waals surface area contributed by atoms with Crippen LogP contribution in [0.2, 0.25) is 0 Å². The first-order chi connectivity index (χ1) is 15.2. The zero-order valence-electron chi connectivity index (χ0n) is 17.3. The molecule has 2 aliphatic heterocycles. The maximum absolute atomic E-state index is 13.2. The van der Waals surface area contributed by atoms with Crippen LogP contribution < -0.4 is 4.74 Å². The first-order valence-corrected chi connectivity index (χ1v) is 10.6. The Morgan fingerprint density at radius 1 is 1.10 bits per heavy atom. The minimum Gasteiger partial charge on any atom is -0.492 e. The van der Waals surface area contributed by atoms with Crippen molar-refractivity contribution >= 4 is 16.8 Å². The van der Waals surface area contributed by atoms with E-state index in [1.54, 1.807) is 6.20 Å². The van der Waals surface area contributed by atoms with Gasteiger partial charge in [0.1, 0.15) is 5.75 Å². The summed E-state index contributed by atoms with van der Waals surface area (Å²) in [5.41, 5.74) is 7.24. The molecule has 0 saturated carbocycles. The van der Waals surface area contributed by atoms with E-state index in [9.17, 15) is 4.79 Å². The number of fused-ring (bicyclic) bond motifs is 3. The van der Waals surface area contributed by atoms with Crippen molar-refractivity contribution in [2.45, 2.75) is 19.4 Å². The summed E-state index contributed by atoms with van der Waals surface area (Å²) in [5.74, 6) is 1.02. The summed E-state index contributed by atoms with van der Waals surface area (Å²) >= 11 is 0. The second-order valence-electron chi connectivity index (χ2n) is 8.18. The number of aromatic nitrogens is 3. The number of hydrogen-bond donors (Lipinski definition) is 0. The summed E-state index contributed by atoms with van der Waals surface area (Å²) in [6.07, 6.45) is 3.50. The summed E-state index contributed by atoms with van der Waals surface area (Å²) in [4.78, 5) is 19.5. The lowest BCUT2D eigenvalue weighted by Gasteiger charge is -2.27. The molecule has 31 heavy (non-hydrogen) atoms. The second kappa shape index (κ2) is 6.94. The third-order valence-corrected chi connectivity index (χ3v) is 6.31. The molecule has 6 nitrogen and oxygen atoms in total. The number of para-hydroxylation sites is 1. The Labute approximate surface area is 180 Å². The van der Waals surface area contributed by atoms with E-state index < -0.39 is 0 Å². The molecule has 0 spiro atoms. The van der Waals surface area contributed by atoms with E-state index in [1.165, 1.54) is 11.1 Å². The van der Waals surface area contributed by atoms with Crippen LogP contribution in [-0.4, -0.2) is 38.7 Å². The quantitative estimate of drug-likeness (QED) is 0.505. The van der Waals surface area contributed by atoms with Crippen LogP contribution in [-0.2, 0) is 26.4 Å². The van der Waals surface area contributed by atoms with E-state index in [2.05, 4.69) is 23.2 Å². The van der Waals surface area contributed by atoms with Gasteiger partial charge in [-0.15, -0.1) is 0 Å². The highest BCUT2D eigenvalue weighted by molar-refractivity contribution is 5.98. The Kier molecular flexibility index (Phi) is 4.06. The van der Waals surface area contributed by atoms with Gasteiger partial charge in [0.15, 0.2) is 0 Å². The van der Waals surface area contributed by atoms with Crippen molar-refractivity contribution in [1.82, 2.24) is 19.7 Å². The number of amides is 1. The first-order valence-electron chi connectivity index (χ1n) is 10.6. The van der Waals surface area contributed by atoms with Crippen molar-refractivity contribution in [2.24, 2.45) is 7.05 Å². The van der Waals surface area contributed by atoms with Gasteiger partial charge in [-0.1, -0.05) is 18.2 Å². The number of pyridine rings is 1. The van der Waals surface area contributed by atoms with Crippen LogP contribution in [0, 0.1) is 0 Å². The van der Waals surface area contributed by atoms with Crippen LogP contribution >= 0.6 is 0 Å². The van der Waals surface area contributed by atoms with Gasteiger partial charge in [0.25, 0.3) is 5.91 Å². The Balaban J connectivity index is 1.33. The lowest BCUT2D eigenvalue weighted by molar-refractivity contribution is 0.0732. The second-order valence-corrected chi connectivity index (χ2v) is 8.18. The molecule has 4 aromatic rings. The van der Waals surface area contributed by atoms with Gasteiger partial charge < -0.3 is 9.64 Å². The summed E-state index contributed by atoms with van der Waals surface area (Å²) < 4.78 is 7.88. The summed E-state index contributed by atoms with van der Waals surface area (Å²) in [6, 6.07) is 15.9.